The molecule has 0 aliphatic heterocycles. The third-order valence-electron chi connectivity index (χ3n) is 4.22. The van der Waals surface area contributed by atoms with Crippen LogP contribution in [0.25, 0.3) is 0 Å². The van der Waals surface area contributed by atoms with Gasteiger partial charge in [0.25, 0.3) is 15.9 Å². The Hall–Kier alpha value is -1.93. The standard InChI is InChI=1S/C17H26N4O3S/c1-21(2)16(20-25(3,23)24)12-8-10-13(11-9-12)17(22)19-15-7-5-4-6-14(15)18/h8-11,14-15H,4-7,18H2,1-3H3,(H,19,22). The summed E-state index contributed by atoms with van der Waals surface area (Å²) < 4.78 is 26.7. The molecule has 1 aliphatic rings. The summed E-state index contributed by atoms with van der Waals surface area (Å²) in [7, 11) is -0.0805. The number of nitrogens with two attached hydrogens (primary N) is 1. The van der Waals surface area contributed by atoms with E-state index >= 15 is 0 Å². The average molecular weight is 366 g/mol. The molecule has 25 heavy (non-hydrogen) atoms. The van der Waals surface area contributed by atoms with Crippen molar-refractivity contribution in [1.82, 2.24) is 10.2 Å². The van der Waals surface area contributed by atoms with Crippen LogP contribution in [0.15, 0.2) is 28.7 Å². The fourth-order valence-electron chi connectivity index (χ4n) is 2.91. The van der Waals surface area contributed by atoms with Crippen molar-refractivity contribution in [2.24, 2.45) is 10.1 Å². The van der Waals surface area contributed by atoms with Crippen molar-refractivity contribution in [2.75, 3.05) is 20.4 Å². The number of amides is 1. The first-order valence-corrected chi connectivity index (χ1v) is 10.2. The lowest BCUT2D eigenvalue weighted by molar-refractivity contribution is 0.0921. The number of sulfonamides is 1. The first-order valence-electron chi connectivity index (χ1n) is 8.31. The summed E-state index contributed by atoms with van der Waals surface area (Å²) in [4.78, 5) is 14.0. The van der Waals surface area contributed by atoms with Gasteiger partial charge in [0.1, 0.15) is 5.84 Å². The molecule has 1 fully saturated rings. The van der Waals surface area contributed by atoms with E-state index < -0.39 is 10.0 Å². The molecular formula is C17H26N4O3S. The van der Waals surface area contributed by atoms with Crippen molar-refractivity contribution in [2.45, 2.75) is 37.8 Å². The Morgan fingerprint density at radius 3 is 2.24 bits per heavy atom. The minimum atomic E-state index is -3.52. The monoisotopic (exact) mass is 366 g/mol. The normalized spacial score (nSPS) is 21.7. The van der Waals surface area contributed by atoms with Crippen LogP contribution < -0.4 is 11.1 Å². The van der Waals surface area contributed by atoms with E-state index in [4.69, 9.17) is 5.73 Å². The van der Waals surface area contributed by atoms with Gasteiger partial charge in [-0.2, -0.15) is 0 Å². The Balaban J connectivity index is 2.15. The van der Waals surface area contributed by atoms with Crippen molar-refractivity contribution in [3.05, 3.63) is 35.4 Å². The third kappa shape index (κ3) is 5.54. The Morgan fingerprint density at radius 1 is 1.16 bits per heavy atom. The summed E-state index contributed by atoms with van der Waals surface area (Å²) >= 11 is 0. The lowest BCUT2D eigenvalue weighted by Crippen LogP contribution is -2.49. The largest absolute Gasteiger partial charge is 0.362 e. The number of carbonyl (C=O) groups is 1. The minimum absolute atomic E-state index is 0.000731. The molecule has 1 aromatic carbocycles. The number of amidine groups is 1. The van der Waals surface area contributed by atoms with Gasteiger partial charge in [-0.3, -0.25) is 4.79 Å². The molecule has 3 N–H and O–H groups in total. The molecule has 7 nitrogen and oxygen atoms in total. The Labute approximate surface area is 149 Å². The van der Waals surface area contributed by atoms with Gasteiger partial charge in [0.2, 0.25) is 0 Å². The SMILES string of the molecule is CN(C)C(=NS(C)(=O)=O)c1ccc(C(=O)NC2CCCCC2N)cc1. The van der Waals surface area contributed by atoms with E-state index in [0.29, 0.717) is 17.0 Å². The van der Waals surface area contributed by atoms with Gasteiger partial charge in [-0.25, -0.2) is 8.42 Å². The molecule has 138 valence electrons. The molecule has 0 heterocycles. The molecule has 0 aromatic heterocycles. The molecule has 0 saturated heterocycles. The second-order valence-corrected chi connectivity index (χ2v) is 8.30. The maximum absolute atomic E-state index is 12.4. The number of hydrogen-bond acceptors (Lipinski definition) is 4. The Kier molecular flexibility index (Phi) is 6.18. The highest BCUT2D eigenvalue weighted by Gasteiger charge is 2.23. The summed E-state index contributed by atoms with van der Waals surface area (Å²) in [5.41, 5.74) is 7.21. The highest BCUT2D eigenvalue weighted by Crippen LogP contribution is 2.17. The lowest BCUT2D eigenvalue weighted by atomic mass is 9.91. The Morgan fingerprint density at radius 2 is 1.72 bits per heavy atom. The molecule has 0 spiro atoms. The van der Waals surface area contributed by atoms with Gasteiger partial charge < -0.3 is 16.0 Å². The summed E-state index contributed by atoms with van der Waals surface area (Å²) in [6.07, 6.45) is 5.06. The summed E-state index contributed by atoms with van der Waals surface area (Å²) in [5, 5.41) is 2.99. The highest BCUT2D eigenvalue weighted by molar-refractivity contribution is 7.89. The smallest absolute Gasteiger partial charge is 0.252 e. The zero-order chi connectivity index (χ0) is 18.6. The topological polar surface area (TPSA) is 105 Å². The zero-order valence-corrected chi connectivity index (χ0v) is 15.7. The molecule has 1 saturated carbocycles. The summed E-state index contributed by atoms with van der Waals surface area (Å²) in [6, 6.07) is 6.73. The zero-order valence-electron chi connectivity index (χ0n) is 14.9. The molecule has 1 amide bonds. The second-order valence-electron chi connectivity index (χ2n) is 6.65. The van der Waals surface area contributed by atoms with Crippen LogP contribution in [0.1, 0.15) is 41.6 Å². The molecule has 2 rings (SSSR count). The number of nitrogens with zero attached hydrogens (tertiary/aromatic N) is 2. The minimum Gasteiger partial charge on any atom is -0.362 e. The number of hydrogen-bond donors (Lipinski definition) is 2. The maximum atomic E-state index is 12.4. The van der Waals surface area contributed by atoms with Gasteiger partial charge in [-0.05, 0) is 25.0 Å². The number of carbonyl (C=O) groups excluding carboxylic acids is 1. The van der Waals surface area contributed by atoms with Crippen LogP contribution in [-0.4, -0.2) is 57.5 Å². The van der Waals surface area contributed by atoms with E-state index in [1.54, 1.807) is 43.3 Å². The van der Waals surface area contributed by atoms with E-state index in [0.717, 1.165) is 31.9 Å². The van der Waals surface area contributed by atoms with E-state index in [2.05, 4.69) is 9.71 Å². The first kappa shape index (κ1) is 19.4. The fourth-order valence-corrected chi connectivity index (χ4v) is 3.49. The predicted octanol–water partition coefficient (Wildman–Crippen LogP) is 0.954. The van der Waals surface area contributed by atoms with Crippen LogP contribution in [0.4, 0.5) is 0 Å². The van der Waals surface area contributed by atoms with Gasteiger partial charge in [-0.1, -0.05) is 25.0 Å². The van der Waals surface area contributed by atoms with Gasteiger partial charge in [0, 0.05) is 37.3 Å². The van der Waals surface area contributed by atoms with Crippen LogP contribution in [0.5, 0.6) is 0 Å². The van der Waals surface area contributed by atoms with Crippen molar-refractivity contribution >= 4 is 21.8 Å². The molecule has 0 radical (unpaired) electrons. The van der Waals surface area contributed by atoms with Crippen molar-refractivity contribution in [3.8, 4) is 0 Å². The number of nitrogens with one attached hydrogen (secondary N) is 1. The van der Waals surface area contributed by atoms with Crippen LogP contribution in [-0.2, 0) is 10.0 Å². The molecule has 0 bridgehead atoms. The third-order valence-corrected chi connectivity index (χ3v) is 4.72. The van der Waals surface area contributed by atoms with E-state index in [-0.39, 0.29) is 18.0 Å². The van der Waals surface area contributed by atoms with E-state index in [1.165, 1.54) is 0 Å². The van der Waals surface area contributed by atoms with Crippen LogP contribution in [0.2, 0.25) is 0 Å². The van der Waals surface area contributed by atoms with Crippen LogP contribution >= 0.6 is 0 Å². The van der Waals surface area contributed by atoms with Crippen molar-refractivity contribution < 1.29 is 13.2 Å². The van der Waals surface area contributed by atoms with Gasteiger partial charge in [-0.15, -0.1) is 4.40 Å². The fraction of sp³-hybridized carbons (Fsp3) is 0.529. The van der Waals surface area contributed by atoms with Gasteiger partial charge >= 0.3 is 0 Å². The molecule has 8 heteroatoms. The predicted molar refractivity (Wildman–Crippen MR) is 99.2 cm³/mol. The van der Waals surface area contributed by atoms with Crippen LogP contribution in [0.3, 0.4) is 0 Å². The van der Waals surface area contributed by atoms with Crippen LogP contribution in [0, 0.1) is 0 Å². The van der Waals surface area contributed by atoms with Gasteiger partial charge in [0.05, 0.1) is 6.26 Å². The van der Waals surface area contributed by atoms with Crippen molar-refractivity contribution in [1.29, 1.82) is 0 Å². The van der Waals surface area contributed by atoms with Gasteiger partial charge in [0.15, 0.2) is 0 Å². The lowest BCUT2D eigenvalue weighted by Gasteiger charge is -2.29. The van der Waals surface area contributed by atoms with Crippen molar-refractivity contribution in [3.63, 3.8) is 0 Å². The quantitative estimate of drug-likeness (QED) is 0.610. The summed E-state index contributed by atoms with van der Waals surface area (Å²) in [6.45, 7) is 0. The molecule has 2 unspecified atom stereocenters. The first-order chi connectivity index (χ1) is 11.7. The average Bonchev–Trinajstić information content (AvgIpc) is 2.54. The molecule has 1 aromatic rings. The highest BCUT2D eigenvalue weighted by atomic mass is 32.2. The number of rotatable bonds is 4. The second kappa shape index (κ2) is 7.97. The summed E-state index contributed by atoms with van der Waals surface area (Å²) in [5.74, 6) is 0.157. The molecule has 1 aliphatic carbocycles. The number of benzene rings is 1. The van der Waals surface area contributed by atoms with E-state index in [1.807, 2.05) is 0 Å². The molecular weight excluding hydrogens is 340 g/mol. The maximum Gasteiger partial charge on any atom is 0.252 e. The Bertz CT molecular complexity index is 742. The molecule has 2 atom stereocenters. The van der Waals surface area contributed by atoms with E-state index in [9.17, 15) is 13.2 Å².